The fourth-order valence-electron chi connectivity index (χ4n) is 0.757. The summed E-state index contributed by atoms with van der Waals surface area (Å²) in [6.07, 6.45) is 8.58. The molecule has 0 aliphatic heterocycles. The van der Waals surface area contributed by atoms with E-state index in [0.717, 1.165) is 0 Å². The van der Waals surface area contributed by atoms with Gasteiger partial charge in [-0.15, -0.1) is 0 Å². The fourth-order valence-corrected chi connectivity index (χ4v) is 0.757. The van der Waals surface area contributed by atoms with Crippen molar-refractivity contribution in [3.63, 3.8) is 0 Å². The smallest absolute Gasteiger partial charge is 0.0905 e. The number of rotatable bonds is 2. The maximum Gasteiger partial charge on any atom is 0.0905 e. The van der Waals surface area contributed by atoms with Gasteiger partial charge in [-0.05, 0) is 12.5 Å². The lowest BCUT2D eigenvalue weighted by Gasteiger charge is -1.86. The molecule has 0 heterocycles. The van der Waals surface area contributed by atoms with Gasteiger partial charge in [0, 0.05) is 6.08 Å². The third kappa shape index (κ3) is 16.4. The topological polar surface area (TPSA) is 23.8 Å². The van der Waals surface area contributed by atoms with Crippen molar-refractivity contribution in [3.8, 4) is 6.07 Å². The van der Waals surface area contributed by atoms with E-state index < -0.39 is 0 Å². The summed E-state index contributed by atoms with van der Waals surface area (Å²) in [6, 6.07) is 12.0. The van der Waals surface area contributed by atoms with Gasteiger partial charge in [-0.3, -0.25) is 0 Å². The Balaban J connectivity index is 0. The van der Waals surface area contributed by atoms with E-state index in [1.807, 2.05) is 31.2 Å². The van der Waals surface area contributed by atoms with Crippen LogP contribution in [0.15, 0.2) is 74.4 Å². The van der Waals surface area contributed by atoms with Crippen LogP contribution in [-0.4, -0.2) is 0 Å². The minimum atomic E-state index is 1.18. The first-order valence-corrected chi connectivity index (χ1v) is 5.18. The van der Waals surface area contributed by atoms with Crippen molar-refractivity contribution in [1.82, 2.24) is 0 Å². The second-order valence-corrected chi connectivity index (χ2v) is 2.72. The number of hydrogen-bond donors (Lipinski definition) is 0. The van der Waals surface area contributed by atoms with Crippen LogP contribution in [0.4, 0.5) is 0 Å². The lowest BCUT2D eigenvalue weighted by atomic mass is 10.2. The number of benzene rings is 1. The molecule has 1 heteroatoms. The van der Waals surface area contributed by atoms with Gasteiger partial charge in [-0.25, -0.2) is 0 Å². The van der Waals surface area contributed by atoms with Gasteiger partial charge in [-0.1, -0.05) is 74.4 Å². The summed E-state index contributed by atoms with van der Waals surface area (Å²) in [5, 5.41) is 7.51. The Kier molecular flexibility index (Phi) is 16.2. The molecule has 0 aromatic heterocycles. The third-order valence-electron chi connectivity index (χ3n) is 1.42. The van der Waals surface area contributed by atoms with Crippen LogP contribution in [0.5, 0.6) is 0 Å². The van der Waals surface area contributed by atoms with Crippen LogP contribution >= 0.6 is 0 Å². The van der Waals surface area contributed by atoms with Gasteiger partial charge >= 0.3 is 0 Å². The van der Waals surface area contributed by atoms with E-state index in [9.17, 15) is 0 Å². The molecule has 0 amide bonds. The van der Waals surface area contributed by atoms with Gasteiger partial charge in [0.15, 0.2) is 0 Å². The van der Waals surface area contributed by atoms with Gasteiger partial charge in [0.05, 0.1) is 6.07 Å². The van der Waals surface area contributed by atoms with Crippen molar-refractivity contribution < 1.29 is 0 Å². The maximum atomic E-state index is 7.51. The molecule has 0 aliphatic rings. The monoisotopic (exact) mass is 225 g/mol. The summed E-state index contributed by atoms with van der Waals surface area (Å²) in [5.74, 6) is 0. The lowest BCUT2D eigenvalue weighted by molar-refractivity contribution is 1.54. The average Bonchev–Trinajstić information content (AvgIpc) is 2.41. The van der Waals surface area contributed by atoms with Crippen LogP contribution in [0.2, 0.25) is 0 Å². The largest absolute Gasteiger partial charge is 0.193 e. The Bertz CT molecular complexity index is 360. The summed E-state index contributed by atoms with van der Waals surface area (Å²) in [5.41, 5.74) is 1.26. The van der Waals surface area contributed by atoms with Crippen LogP contribution in [-0.2, 0) is 0 Å². The Morgan fingerprint density at radius 3 is 1.82 bits per heavy atom. The molecule has 0 saturated carbocycles. The molecule has 1 rings (SSSR count). The molecular weight excluding hydrogens is 206 g/mol. The molecule has 1 nitrogen and oxygen atoms in total. The van der Waals surface area contributed by atoms with E-state index in [0.29, 0.717) is 0 Å². The standard InChI is InChI=1S/C9H10.C4H6.C3H3N/c1-2-6-9-7-4-3-5-8-9;1-3-4-2;1-2-3-4/h2-8H,1H3;3-4H,1-2H2;2H,1H2. The summed E-state index contributed by atoms with van der Waals surface area (Å²) in [6.45, 7) is 11.9. The van der Waals surface area contributed by atoms with Crippen molar-refractivity contribution in [2.75, 3.05) is 0 Å². The number of nitriles is 1. The number of hydrogen-bond acceptors (Lipinski definition) is 1. The summed E-state index contributed by atoms with van der Waals surface area (Å²) in [4.78, 5) is 0. The van der Waals surface area contributed by atoms with Crippen LogP contribution in [0.25, 0.3) is 6.08 Å². The lowest BCUT2D eigenvalue weighted by Crippen LogP contribution is -1.65. The van der Waals surface area contributed by atoms with Crippen LogP contribution in [0.1, 0.15) is 12.5 Å². The van der Waals surface area contributed by atoms with Crippen molar-refractivity contribution in [3.05, 3.63) is 79.9 Å². The Morgan fingerprint density at radius 2 is 1.53 bits per heavy atom. The molecule has 0 radical (unpaired) electrons. The zero-order chi connectivity index (χ0) is 13.4. The van der Waals surface area contributed by atoms with Gasteiger partial charge in [0.1, 0.15) is 0 Å². The second kappa shape index (κ2) is 16.1. The fraction of sp³-hybridized carbons (Fsp3) is 0.0625. The minimum Gasteiger partial charge on any atom is -0.193 e. The van der Waals surface area contributed by atoms with Crippen molar-refractivity contribution in [1.29, 1.82) is 5.26 Å². The van der Waals surface area contributed by atoms with Crippen LogP contribution < -0.4 is 0 Å². The number of allylic oxidation sites excluding steroid dienone is 4. The highest BCUT2D eigenvalue weighted by Gasteiger charge is 1.77. The first-order valence-electron chi connectivity index (χ1n) is 5.18. The molecule has 88 valence electrons. The summed E-state index contributed by atoms with van der Waals surface area (Å²) in [7, 11) is 0. The van der Waals surface area contributed by atoms with E-state index in [1.54, 1.807) is 18.2 Å². The molecule has 0 unspecified atom stereocenters. The third-order valence-corrected chi connectivity index (χ3v) is 1.42. The van der Waals surface area contributed by atoms with Crippen LogP contribution in [0.3, 0.4) is 0 Å². The molecule has 1 aromatic rings. The highest BCUT2D eigenvalue weighted by molar-refractivity contribution is 5.47. The molecule has 0 saturated heterocycles. The van der Waals surface area contributed by atoms with Gasteiger partial charge < -0.3 is 0 Å². The molecule has 0 bridgehead atoms. The van der Waals surface area contributed by atoms with E-state index >= 15 is 0 Å². The highest BCUT2D eigenvalue weighted by atomic mass is 14.2. The quantitative estimate of drug-likeness (QED) is 0.525. The minimum absolute atomic E-state index is 1.18. The SMILES string of the molecule is C=CC#N.C=CC=C.CC=Cc1ccccc1. The Labute approximate surface area is 105 Å². The first kappa shape index (κ1) is 17.1. The predicted octanol–water partition coefficient (Wildman–Crippen LogP) is 4.77. The maximum absolute atomic E-state index is 7.51. The van der Waals surface area contributed by atoms with Gasteiger partial charge in [-0.2, -0.15) is 5.26 Å². The predicted molar refractivity (Wildman–Crippen MR) is 77.4 cm³/mol. The van der Waals surface area contributed by atoms with Crippen molar-refractivity contribution >= 4 is 6.08 Å². The van der Waals surface area contributed by atoms with Crippen molar-refractivity contribution in [2.24, 2.45) is 0 Å². The van der Waals surface area contributed by atoms with Crippen molar-refractivity contribution in [2.45, 2.75) is 6.92 Å². The van der Waals surface area contributed by atoms with Gasteiger partial charge in [0.2, 0.25) is 0 Å². The Morgan fingerprint density at radius 1 is 1.06 bits per heavy atom. The molecular formula is C16H19N. The van der Waals surface area contributed by atoms with E-state index in [1.165, 1.54) is 11.6 Å². The normalized spacial score (nSPS) is 7.53. The van der Waals surface area contributed by atoms with Crippen LogP contribution in [0, 0.1) is 11.3 Å². The average molecular weight is 225 g/mol. The highest BCUT2D eigenvalue weighted by Crippen LogP contribution is 1.99. The summed E-state index contributed by atoms with van der Waals surface area (Å²) >= 11 is 0. The zero-order valence-electron chi connectivity index (χ0n) is 10.3. The van der Waals surface area contributed by atoms with E-state index in [2.05, 4.69) is 37.9 Å². The molecule has 0 spiro atoms. The zero-order valence-corrected chi connectivity index (χ0v) is 10.3. The van der Waals surface area contributed by atoms with Gasteiger partial charge in [0.25, 0.3) is 0 Å². The molecule has 0 N–H and O–H groups in total. The molecule has 0 fully saturated rings. The molecule has 0 atom stereocenters. The molecule has 0 aliphatic carbocycles. The second-order valence-electron chi connectivity index (χ2n) is 2.72. The molecule has 1 aromatic carbocycles. The molecule has 17 heavy (non-hydrogen) atoms. The number of nitrogens with zero attached hydrogens (tertiary/aromatic N) is 1. The van der Waals surface area contributed by atoms with E-state index in [4.69, 9.17) is 5.26 Å². The summed E-state index contributed by atoms with van der Waals surface area (Å²) < 4.78 is 0. The van der Waals surface area contributed by atoms with E-state index in [-0.39, 0.29) is 0 Å². The Hall–Kier alpha value is -2.33. The first-order chi connectivity index (χ1) is 8.26.